The lowest BCUT2D eigenvalue weighted by atomic mass is 9.87. The van der Waals surface area contributed by atoms with E-state index in [2.05, 4.69) is 0 Å². The average Bonchev–Trinajstić information content (AvgIpc) is 2.80. The molecule has 3 nitrogen and oxygen atoms in total. The summed E-state index contributed by atoms with van der Waals surface area (Å²) in [4.78, 5) is 11.6. The van der Waals surface area contributed by atoms with Gasteiger partial charge in [-0.2, -0.15) is 0 Å². The van der Waals surface area contributed by atoms with Gasteiger partial charge in [-0.3, -0.25) is 0 Å². The minimum atomic E-state index is -0.268. The fourth-order valence-corrected chi connectivity index (χ4v) is 4.00. The smallest absolute Gasteiger partial charge is 0.339 e. The fraction of sp³-hybridized carbons (Fsp3) is 0.500. The summed E-state index contributed by atoms with van der Waals surface area (Å²) in [5.74, 6) is 2.53. The molecule has 21 heavy (non-hydrogen) atoms. The summed E-state index contributed by atoms with van der Waals surface area (Å²) in [6, 6.07) is 7.68. The molecule has 0 aliphatic heterocycles. The second-order valence-corrected chi connectivity index (χ2v) is 6.67. The van der Waals surface area contributed by atoms with Crippen molar-refractivity contribution in [2.24, 2.45) is 11.8 Å². The summed E-state index contributed by atoms with van der Waals surface area (Å²) in [7, 11) is 0. The molecule has 0 amide bonds. The molecule has 2 saturated carbocycles. The monoisotopic (exact) mass is 284 g/mol. The number of hydrogen-bond donors (Lipinski definition) is 0. The molecular formula is C18H20O3. The Bertz CT molecular complexity index is 719. The van der Waals surface area contributed by atoms with Crippen LogP contribution in [0, 0.1) is 18.8 Å². The first-order valence-electron chi connectivity index (χ1n) is 7.88. The van der Waals surface area contributed by atoms with E-state index in [4.69, 9.17) is 9.15 Å². The Labute approximate surface area is 123 Å². The van der Waals surface area contributed by atoms with Gasteiger partial charge < -0.3 is 9.15 Å². The van der Waals surface area contributed by atoms with Gasteiger partial charge in [0.05, 0.1) is 6.10 Å². The normalized spacial score (nSPS) is 28.0. The number of ether oxygens (including phenoxy) is 1. The van der Waals surface area contributed by atoms with Crippen LogP contribution in [0.4, 0.5) is 0 Å². The van der Waals surface area contributed by atoms with Gasteiger partial charge in [0.25, 0.3) is 0 Å². The molecule has 1 aromatic carbocycles. The second kappa shape index (κ2) is 4.90. The minimum Gasteiger partial charge on any atom is -0.490 e. The van der Waals surface area contributed by atoms with Crippen LogP contribution in [-0.2, 0) is 0 Å². The van der Waals surface area contributed by atoms with Crippen molar-refractivity contribution in [3.05, 3.63) is 40.2 Å². The van der Waals surface area contributed by atoms with Gasteiger partial charge in [0, 0.05) is 17.0 Å². The Morgan fingerprint density at radius 3 is 2.62 bits per heavy atom. The largest absolute Gasteiger partial charge is 0.490 e. The SMILES string of the molecule is Cc1cc2ccc(OC3C[C@H]4CC[C@@H](C3)C4)cc2oc1=O. The van der Waals surface area contributed by atoms with E-state index in [0.717, 1.165) is 23.0 Å². The molecule has 1 aromatic heterocycles. The van der Waals surface area contributed by atoms with Gasteiger partial charge in [-0.1, -0.05) is 12.8 Å². The topological polar surface area (TPSA) is 39.4 Å². The van der Waals surface area contributed by atoms with Crippen LogP contribution in [-0.4, -0.2) is 6.10 Å². The standard InChI is InChI=1S/C18H20O3/c1-11-6-14-4-5-15(10-17(14)21-18(11)19)20-16-8-12-2-3-13(7-12)9-16/h4-6,10,12-13,16H,2-3,7-9H2,1H3/t12-,13+,16?. The van der Waals surface area contributed by atoms with Gasteiger partial charge >= 0.3 is 5.63 Å². The fourth-order valence-electron chi connectivity index (χ4n) is 4.00. The molecule has 4 rings (SSSR count). The molecule has 110 valence electrons. The maximum absolute atomic E-state index is 11.6. The summed E-state index contributed by atoms with van der Waals surface area (Å²) < 4.78 is 11.5. The van der Waals surface area contributed by atoms with E-state index in [0.29, 0.717) is 17.3 Å². The highest BCUT2D eigenvalue weighted by molar-refractivity contribution is 5.78. The Hall–Kier alpha value is -1.77. The number of benzene rings is 1. The van der Waals surface area contributed by atoms with Crippen molar-refractivity contribution in [2.75, 3.05) is 0 Å². The van der Waals surface area contributed by atoms with Crippen LogP contribution in [0.2, 0.25) is 0 Å². The van der Waals surface area contributed by atoms with Gasteiger partial charge in [-0.25, -0.2) is 4.79 Å². The lowest BCUT2D eigenvalue weighted by Crippen LogP contribution is -2.26. The van der Waals surface area contributed by atoms with Crippen LogP contribution in [0.5, 0.6) is 5.75 Å². The van der Waals surface area contributed by atoms with Crippen LogP contribution in [0.25, 0.3) is 11.0 Å². The van der Waals surface area contributed by atoms with E-state index in [1.807, 2.05) is 24.3 Å². The average molecular weight is 284 g/mol. The first kappa shape index (κ1) is 12.9. The zero-order chi connectivity index (χ0) is 14.4. The zero-order valence-corrected chi connectivity index (χ0v) is 12.3. The lowest BCUT2D eigenvalue weighted by molar-refractivity contribution is 0.119. The first-order chi connectivity index (χ1) is 10.2. The van der Waals surface area contributed by atoms with Crippen molar-refractivity contribution < 1.29 is 9.15 Å². The maximum Gasteiger partial charge on any atom is 0.339 e. The quantitative estimate of drug-likeness (QED) is 0.781. The molecule has 3 heteroatoms. The van der Waals surface area contributed by atoms with E-state index < -0.39 is 0 Å². The van der Waals surface area contributed by atoms with Crippen molar-refractivity contribution in [3.63, 3.8) is 0 Å². The van der Waals surface area contributed by atoms with Crippen molar-refractivity contribution in [1.29, 1.82) is 0 Å². The Morgan fingerprint density at radius 2 is 1.86 bits per heavy atom. The third-order valence-corrected chi connectivity index (χ3v) is 5.03. The van der Waals surface area contributed by atoms with Crippen molar-refractivity contribution in [2.45, 2.75) is 45.1 Å². The molecule has 2 bridgehead atoms. The highest BCUT2D eigenvalue weighted by Gasteiger charge is 2.35. The Balaban J connectivity index is 1.59. The van der Waals surface area contributed by atoms with Gasteiger partial charge in [-0.05, 0) is 56.2 Å². The molecule has 2 aliphatic rings. The highest BCUT2D eigenvalue weighted by atomic mass is 16.5. The predicted molar refractivity (Wildman–Crippen MR) is 81.7 cm³/mol. The summed E-state index contributed by atoms with van der Waals surface area (Å²) in [6.07, 6.45) is 6.81. The van der Waals surface area contributed by atoms with Crippen molar-refractivity contribution in [3.8, 4) is 5.75 Å². The van der Waals surface area contributed by atoms with Crippen LogP contribution < -0.4 is 10.4 Å². The number of hydrogen-bond acceptors (Lipinski definition) is 3. The molecular weight excluding hydrogens is 264 g/mol. The van der Waals surface area contributed by atoms with E-state index in [9.17, 15) is 4.79 Å². The molecule has 1 unspecified atom stereocenters. The second-order valence-electron chi connectivity index (χ2n) is 6.67. The third-order valence-electron chi connectivity index (χ3n) is 5.03. The number of fused-ring (bicyclic) bond motifs is 3. The maximum atomic E-state index is 11.6. The van der Waals surface area contributed by atoms with Crippen LogP contribution >= 0.6 is 0 Å². The Kier molecular flexibility index (Phi) is 3.02. The number of aryl methyl sites for hydroxylation is 1. The van der Waals surface area contributed by atoms with Crippen LogP contribution in [0.1, 0.15) is 37.7 Å². The van der Waals surface area contributed by atoms with E-state index in [-0.39, 0.29) is 5.63 Å². The summed E-state index contributed by atoms with van der Waals surface area (Å²) in [6.45, 7) is 1.77. The minimum absolute atomic E-state index is 0.268. The third kappa shape index (κ3) is 2.45. The van der Waals surface area contributed by atoms with Gasteiger partial charge in [-0.15, -0.1) is 0 Å². The molecule has 0 spiro atoms. The molecule has 1 heterocycles. The van der Waals surface area contributed by atoms with Gasteiger partial charge in [0.1, 0.15) is 11.3 Å². The highest BCUT2D eigenvalue weighted by Crippen LogP contribution is 2.43. The van der Waals surface area contributed by atoms with Crippen molar-refractivity contribution in [1.82, 2.24) is 0 Å². The van der Waals surface area contributed by atoms with Gasteiger partial charge in [0.2, 0.25) is 0 Å². The Morgan fingerprint density at radius 1 is 1.10 bits per heavy atom. The zero-order valence-electron chi connectivity index (χ0n) is 12.3. The molecule has 0 saturated heterocycles. The van der Waals surface area contributed by atoms with Crippen molar-refractivity contribution >= 4 is 11.0 Å². The lowest BCUT2D eigenvalue weighted by Gasteiger charge is -2.28. The van der Waals surface area contributed by atoms with Crippen LogP contribution in [0.15, 0.2) is 33.5 Å². The van der Waals surface area contributed by atoms with E-state index >= 15 is 0 Å². The molecule has 2 aliphatic carbocycles. The predicted octanol–water partition coefficient (Wildman–Crippen LogP) is 4.06. The molecule has 0 N–H and O–H groups in total. The summed E-state index contributed by atoms with van der Waals surface area (Å²) in [5, 5.41) is 0.947. The van der Waals surface area contributed by atoms with Crippen LogP contribution in [0.3, 0.4) is 0 Å². The molecule has 2 aromatic rings. The summed E-state index contributed by atoms with van der Waals surface area (Å²) in [5.41, 5.74) is 0.984. The molecule has 0 radical (unpaired) electrons. The van der Waals surface area contributed by atoms with E-state index in [1.54, 1.807) is 6.92 Å². The van der Waals surface area contributed by atoms with Gasteiger partial charge in [0.15, 0.2) is 0 Å². The first-order valence-corrected chi connectivity index (χ1v) is 7.88. The molecule has 2 fully saturated rings. The van der Waals surface area contributed by atoms with E-state index in [1.165, 1.54) is 32.1 Å². The number of rotatable bonds is 2. The summed E-state index contributed by atoms with van der Waals surface area (Å²) >= 11 is 0. The molecule has 3 atom stereocenters.